The molecule has 2 bridgehead atoms. The number of carbonyl (C=O) groups excluding carboxylic acids is 3. The molecule has 3 heterocycles. The van der Waals surface area contributed by atoms with Crippen LogP contribution in [-0.2, 0) is 19.1 Å². The highest BCUT2D eigenvalue weighted by atomic mass is 16.5. The first-order valence-corrected chi connectivity index (χ1v) is 14.8. The molecule has 8 heteroatoms. The van der Waals surface area contributed by atoms with Gasteiger partial charge in [0.15, 0.2) is 0 Å². The zero-order valence-corrected chi connectivity index (χ0v) is 24.3. The lowest BCUT2D eigenvalue weighted by molar-refractivity contribution is -0.154. The number of hydrogen-bond donors (Lipinski definition) is 1. The second kappa shape index (κ2) is 12.3. The summed E-state index contributed by atoms with van der Waals surface area (Å²) >= 11 is 0. The number of rotatable bonds is 14. The number of para-hydroxylation sites is 1. The molecule has 3 amide bonds. The number of anilines is 1. The van der Waals surface area contributed by atoms with Crippen LogP contribution in [0.5, 0.6) is 0 Å². The standard InChI is InChI=1S/C32H45N3O5/c1-6-14-23(5)33(19-7-2)30(39)27-32-18-17-31(9-4,40-32)25(26(32)29(38)35(27)21-13-22-36)28(37)34(20-8-3)24-15-11-10-12-16-24/h7-8,10-12,15-16,23,25-27,36H,2-3,6,9,13-14,17-22H2,1,4-5H3/t23?,25-,26-,27?,31+,32?/m0/s1. The van der Waals surface area contributed by atoms with Gasteiger partial charge in [0.05, 0.1) is 17.4 Å². The van der Waals surface area contributed by atoms with Crippen LogP contribution in [0.1, 0.15) is 59.3 Å². The molecular formula is C32H45N3O5. The molecule has 3 aliphatic rings. The van der Waals surface area contributed by atoms with Crippen LogP contribution in [0.15, 0.2) is 55.6 Å². The van der Waals surface area contributed by atoms with Gasteiger partial charge in [-0.15, -0.1) is 13.2 Å². The first kappa shape index (κ1) is 30.0. The van der Waals surface area contributed by atoms with Gasteiger partial charge in [-0.25, -0.2) is 0 Å². The molecule has 1 N–H and O–H groups in total. The van der Waals surface area contributed by atoms with Crippen molar-refractivity contribution in [2.45, 2.75) is 82.6 Å². The first-order valence-electron chi connectivity index (χ1n) is 14.8. The normalized spacial score (nSPS) is 29.2. The fraction of sp³-hybridized carbons (Fsp3) is 0.594. The van der Waals surface area contributed by atoms with Crippen molar-refractivity contribution < 1.29 is 24.2 Å². The average molecular weight is 552 g/mol. The predicted octanol–water partition coefficient (Wildman–Crippen LogP) is 3.95. The van der Waals surface area contributed by atoms with E-state index < -0.39 is 29.1 Å². The van der Waals surface area contributed by atoms with Crippen LogP contribution in [0.4, 0.5) is 5.69 Å². The van der Waals surface area contributed by atoms with E-state index in [1.807, 2.05) is 44.2 Å². The van der Waals surface area contributed by atoms with Gasteiger partial charge in [-0.2, -0.15) is 0 Å². The van der Waals surface area contributed by atoms with E-state index in [0.29, 0.717) is 38.8 Å². The molecular weight excluding hydrogens is 506 g/mol. The van der Waals surface area contributed by atoms with Crippen molar-refractivity contribution in [2.24, 2.45) is 11.8 Å². The summed E-state index contributed by atoms with van der Waals surface area (Å²) in [5.74, 6) is -2.07. The Morgan fingerprint density at radius 2 is 1.85 bits per heavy atom. The SMILES string of the molecule is C=CCN(C(=O)[C@@H]1[C@H]2C(=O)N(CCCO)C(C(=O)N(CC=C)C(C)CCC)C23CC[C@@]1(CC)O3)c1ccccc1. The molecule has 0 saturated carbocycles. The number of likely N-dealkylation sites (tertiary alicyclic amines) is 1. The quantitative estimate of drug-likeness (QED) is 0.354. The lowest BCUT2D eigenvalue weighted by Crippen LogP contribution is -2.58. The van der Waals surface area contributed by atoms with E-state index in [9.17, 15) is 19.5 Å². The summed E-state index contributed by atoms with van der Waals surface area (Å²) in [6.45, 7) is 14.6. The molecule has 0 aromatic heterocycles. The zero-order valence-electron chi connectivity index (χ0n) is 24.3. The van der Waals surface area contributed by atoms with Crippen molar-refractivity contribution in [3.05, 3.63) is 55.6 Å². The van der Waals surface area contributed by atoms with Crippen LogP contribution in [-0.4, -0.2) is 82.2 Å². The van der Waals surface area contributed by atoms with E-state index in [4.69, 9.17) is 4.74 Å². The summed E-state index contributed by atoms with van der Waals surface area (Å²) in [7, 11) is 0. The molecule has 1 aromatic carbocycles. The van der Waals surface area contributed by atoms with Crippen molar-refractivity contribution in [3.63, 3.8) is 0 Å². The van der Waals surface area contributed by atoms with Crippen LogP contribution in [0.3, 0.4) is 0 Å². The van der Waals surface area contributed by atoms with Crippen molar-refractivity contribution >= 4 is 23.4 Å². The Hall–Kier alpha value is -2.97. The number of benzene rings is 1. The number of aliphatic hydroxyl groups excluding tert-OH is 1. The monoisotopic (exact) mass is 551 g/mol. The highest BCUT2D eigenvalue weighted by Crippen LogP contribution is 2.64. The Kier molecular flexibility index (Phi) is 9.20. The first-order chi connectivity index (χ1) is 19.3. The van der Waals surface area contributed by atoms with Gasteiger partial charge in [-0.05, 0) is 51.2 Å². The second-order valence-electron chi connectivity index (χ2n) is 11.4. The molecule has 1 spiro atoms. The Labute approximate surface area is 238 Å². The van der Waals surface area contributed by atoms with Crippen LogP contribution in [0.25, 0.3) is 0 Å². The Bertz CT molecular complexity index is 1110. The van der Waals surface area contributed by atoms with E-state index >= 15 is 0 Å². The number of nitrogens with zero attached hydrogens (tertiary/aromatic N) is 3. The van der Waals surface area contributed by atoms with Gasteiger partial charge < -0.3 is 24.5 Å². The van der Waals surface area contributed by atoms with Crippen LogP contribution in [0.2, 0.25) is 0 Å². The largest absolute Gasteiger partial charge is 0.396 e. The molecule has 0 radical (unpaired) electrons. The Balaban J connectivity index is 1.81. The fourth-order valence-electron chi connectivity index (χ4n) is 7.44. The van der Waals surface area contributed by atoms with E-state index in [0.717, 1.165) is 18.5 Å². The maximum Gasteiger partial charge on any atom is 0.248 e. The minimum atomic E-state index is -1.10. The van der Waals surface area contributed by atoms with E-state index in [1.54, 1.807) is 26.9 Å². The maximum atomic E-state index is 14.5. The summed E-state index contributed by atoms with van der Waals surface area (Å²) < 4.78 is 6.93. The minimum Gasteiger partial charge on any atom is -0.396 e. The molecule has 218 valence electrons. The van der Waals surface area contributed by atoms with Gasteiger partial charge in [0.1, 0.15) is 11.6 Å². The topological polar surface area (TPSA) is 90.4 Å². The number of aliphatic hydroxyl groups is 1. The van der Waals surface area contributed by atoms with Crippen LogP contribution < -0.4 is 4.90 Å². The van der Waals surface area contributed by atoms with Gasteiger partial charge in [0.2, 0.25) is 17.7 Å². The average Bonchev–Trinajstić information content (AvgIpc) is 3.56. The summed E-state index contributed by atoms with van der Waals surface area (Å²) in [5.41, 5.74) is -1.19. The summed E-state index contributed by atoms with van der Waals surface area (Å²) in [5, 5.41) is 9.65. The molecule has 1 aromatic rings. The number of hydrogen-bond acceptors (Lipinski definition) is 5. The number of carbonyl (C=O) groups is 3. The third kappa shape index (κ3) is 4.79. The van der Waals surface area contributed by atoms with Crippen molar-refractivity contribution in [1.29, 1.82) is 0 Å². The van der Waals surface area contributed by atoms with Gasteiger partial charge in [-0.3, -0.25) is 14.4 Å². The molecule has 3 unspecified atom stereocenters. The number of amides is 3. The Morgan fingerprint density at radius 1 is 1.15 bits per heavy atom. The van der Waals surface area contributed by atoms with E-state index in [-0.39, 0.29) is 36.9 Å². The van der Waals surface area contributed by atoms with Gasteiger partial charge in [0.25, 0.3) is 0 Å². The van der Waals surface area contributed by atoms with E-state index in [2.05, 4.69) is 20.1 Å². The van der Waals surface area contributed by atoms with Crippen molar-refractivity contribution in [2.75, 3.05) is 31.1 Å². The highest BCUT2D eigenvalue weighted by Gasteiger charge is 2.79. The molecule has 6 atom stereocenters. The Morgan fingerprint density at radius 3 is 2.45 bits per heavy atom. The molecule has 3 saturated heterocycles. The van der Waals surface area contributed by atoms with E-state index in [1.165, 1.54) is 0 Å². The highest BCUT2D eigenvalue weighted by molar-refractivity contribution is 6.03. The second-order valence-corrected chi connectivity index (χ2v) is 11.4. The lowest BCUT2D eigenvalue weighted by atomic mass is 9.64. The number of fused-ring (bicyclic) bond motifs is 1. The predicted molar refractivity (Wildman–Crippen MR) is 156 cm³/mol. The van der Waals surface area contributed by atoms with Crippen molar-refractivity contribution in [1.82, 2.24) is 9.80 Å². The summed E-state index contributed by atoms with van der Waals surface area (Å²) in [6, 6.07) is 8.51. The molecule has 8 nitrogen and oxygen atoms in total. The fourth-order valence-corrected chi connectivity index (χ4v) is 7.44. The molecule has 4 rings (SSSR count). The smallest absolute Gasteiger partial charge is 0.248 e. The van der Waals surface area contributed by atoms with Gasteiger partial charge in [-0.1, -0.05) is 50.6 Å². The maximum absolute atomic E-state index is 14.5. The summed E-state index contributed by atoms with van der Waals surface area (Å²) in [6.07, 6.45) is 7.17. The summed E-state index contributed by atoms with van der Waals surface area (Å²) in [4.78, 5) is 48.4. The molecule has 40 heavy (non-hydrogen) atoms. The van der Waals surface area contributed by atoms with Crippen LogP contribution >= 0.6 is 0 Å². The lowest BCUT2D eigenvalue weighted by Gasteiger charge is -2.39. The van der Waals surface area contributed by atoms with Crippen molar-refractivity contribution in [3.8, 4) is 0 Å². The molecule has 0 aliphatic carbocycles. The van der Waals surface area contributed by atoms with Crippen LogP contribution in [0, 0.1) is 11.8 Å². The third-order valence-corrected chi connectivity index (χ3v) is 9.23. The van der Waals surface area contributed by atoms with Gasteiger partial charge in [0, 0.05) is 38.0 Å². The molecule has 3 aliphatic heterocycles. The zero-order chi connectivity index (χ0) is 29.1. The molecule has 3 fully saturated rings. The van der Waals surface area contributed by atoms with Gasteiger partial charge >= 0.3 is 0 Å². The minimum absolute atomic E-state index is 0.0434. The number of ether oxygens (including phenoxy) is 1. The third-order valence-electron chi connectivity index (χ3n) is 9.23.